The number of fused-ring (bicyclic) bond motifs is 11. The maximum absolute atomic E-state index is 6.69. The molecule has 0 saturated heterocycles. The minimum atomic E-state index is 0.910. The minimum Gasteiger partial charge on any atom is -0.455 e. The second kappa shape index (κ2) is 9.96. The van der Waals surface area contributed by atoms with Crippen LogP contribution in [0.15, 0.2) is 174 Å². The van der Waals surface area contributed by atoms with Gasteiger partial charge in [-0.2, -0.15) is 0 Å². The van der Waals surface area contributed by atoms with E-state index >= 15 is 0 Å². The Morgan fingerprint density at radius 2 is 1.00 bits per heavy atom. The maximum atomic E-state index is 6.69. The molecule has 0 aliphatic carbocycles. The third-order valence-electron chi connectivity index (χ3n) is 10.3. The highest BCUT2D eigenvalue weighted by atomic mass is 16.3. The number of rotatable bonds is 3. The van der Waals surface area contributed by atoms with Crippen molar-refractivity contribution in [2.45, 2.75) is 0 Å². The summed E-state index contributed by atoms with van der Waals surface area (Å²) in [6.45, 7) is 0. The van der Waals surface area contributed by atoms with Crippen LogP contribution < -0.4 is 0 Å². The highest BCUT2D eigenvalue weighted by Crippen LogP contribution is 2.43. The molecule has 0 spiro atoms. The molecule has 11 aromatic rings. The second-order valence-electron chi connectivity index (χ2n) is 12.9. The van der Waals surface area contributed by atoms with E-state index in [1.54, 1.807) is 0 Å². The number of hydrogen-bond donors (Lipinski definition) is 0. The molecule has 3 nitrogen and oxygen atoms in total. The van der Waals surface area contributed by atoms with Gasteiger partial charge in [0.15, 0.2) is 0 Å². The van der Waals surface area contributed by atoms with Gasteiger partial charge in [-0.3, -0.25) is 0 Å². The van der Waals surface area contributed by atoms with Crippen LogP contribution in [-0.2, 0) is 0 Å². The van der Waals surface area contributed by atoms with Gasteiger partial charge < -0.3 is 13.6 Å². The molecule has 228 valence electrons. The first-order valence-corrected chi connectivity index (χ1v) is 16.8. The van der Waals surface area contributed by atoms with Gasteiger partial charge in [0.25, 0.3) is 0 Å². The molecule has 11 rings (SSSR count). The first-order chi connectivity index (χ1) is 24.3. The third-order valence-corrected chi connectivity index (χ3v) is 10.3. The number of aromatic nitrogens is 2. The molecule has 8 aromatic carbocycles. The summed E-state index contributed by atoms with van der Waals surface area (Å²) in [4.78, 5) is 0. The van der Waals surface area contributed by atoms with E-state index in [4.69, 9.17) is 4.42 Å². The summed E-state index contributed by atoms with van der Waals surface area (Å²) in [6.07, 6.45) is 0. The fraction of sp³-hybridized carbons (Fsp3) is 0. The Bertz CT molecular complexity index is 3100. The van der Waals surface area contributed by atoms with Crippen molar-refractivity contribution in [2.75, 3.05) is 0 Å². The molecule has 0 radical (unpaired) electrons. The largest absolute Gasteiger partial charge is 0.455 e. The smallest absolute Gasteiger partial charge is 0.145 e. The van der Waals surface area contributed by atoms with E-state index in [0.717, 1.165) is 44.0 Å². The molecule has 3 aromatic heterocycles. The van der Waals surface area contributed by atoms with Gasteiger partial charge in [-0.25, -0.2) is 0 Å². The second-order valence-corrected chi connectivity index (χ2v) is 12.9. The molecule has 0 bridgehead atoms. The molecule has 0 N–H and O–H groups in total. The average Bonchev–Trinajstić information content (AvgIpc) is 3.82. The van der Waals surface area contributed by atoms with Gasteiger partial charge in [-0.05, 0) is 83.2 Å². The van der Waals surface area contributed by atoms with Gasteiger partial charge in [-0.15, -0.1) is 0 Å². The van der Waals surface area contributed by atoms with E-state index in [9.17, 15) is 0 Å². The molecule has 49 heavy (non-hydrogen) atoms. The Morgan fingerprint density at radius 3 is 1.86 bits per heavy atom. The van der Waals surface area contributed by atoms with Gasteiger partial charge in [0, 0.05) is 38.0 Å². The normalized spacial score (nSPS) is 12.1. The molecule has 0 amide bonds. The zero-order valence-corrected chi connectivity index (χ0v) is 26.5. The number of benzene rings is 8. The van der Waals surface area contributed by atoms with E-state index < -0.39 is 0 Å². The van der Waals surface area contributed by atoms with Crippen LogP contribution in [0.3, 0.4) is 0 Å². The highest BCUT2D eigenvalue weighted by Gasteiger charge is 2.21. The molecule has 0 aliphatic rings. The van der Waals surface area contributed by atoms with Crippen LogP contribution in [-0.4, -0.2) is 9.13 Å². The van der Waals surface area contributed by atoms with Gasteiger partial charge in [0.2, 0.25) is 0 Å². The monoisotopic (exact) mass is 624 g/mol. The summed E-state index contributed by atoms with van der Waals surface area (Å²) in [6, 6.07) is 61.2. The summed E-state index contributed by atoms with van der Waals surface area (Å²) < 4.78 is 11.5. The fourth-order valence-corrected chi connectivity index (χ4v) is 8.14. The van der Waals surface area contributed by atoms with Crippen LogP contribution in [0.2, 0.25) is 0 Å². The van der Waals surface area contributed by atoms with Gasteiger partial charge in [0.1, 0.15) is 11.2 Å². The maximum Gasteiger partial charge on any atom is 0.145 e. The van der Waals surface area contributed by atoms with E-state index in [2.05, 4.69) is 173 Å². The van der Waals surface area contributed by atoms with Crippen molar-refractivity contribution in [1.82, 2.24) is 9.13 Å². The molecule has 3 heteroatoms. The number of para-hydroxylation sites is 3. The first kappa shape index (κ1) is 26.5. The topological polar surface area (TPSA) is 23.0 Å². The summed E-state index contributed by atoms with van der Waals surface area (Å²) in [5.41, 5.74) is 11.2. The first-order valence-electron chi connectivity index (χ1n) is 16.8. The Kier molecular flexibility index (Phi) is 5.38. The van der Waals surface area contributed by atoms with E-state index in [0.29, 0.717) is 0 Å². The van der Waals surface area contributed by atoms with Crippen LogP contribution in [0.5, 0.6) is 0 Å². The van der Waals surface area contributed by atoms with Gasteiger partial charge in [0.05, 0.1) is 33.1 Å². The summed E-state index contributed by atoms with van der Waals surface area (Å²) in [5.74, 6) is 0. The lowest BCUT2D eigenvalue weighted by atomic mass is 10.00. The quantitative estimate of drug-likeness (QED) is 0.192. The molecule has 0 saturated carbocycles. The van der Waals surface area contributed by atoms with Crippen LogP contribution in [0.4, 0.5) is 0 Å². The molecule has 3 heterocycles. The van der Waals surface area contributed by atoms with E-state index in [1.807, 2.05) is 6.07 Å². The van der Waals surface area contributed by atoms with Crippen molar-refractivity contribution in [3.05, 3.63) is 170 Å². The van der Waals surface area contributed by atoms with E-state index in [1.165, 1.54) is 54.8 Å². The third kappa shape index (κ3) is 3.73. The van der Waals surface area contributed by atoms with Crippen LogP contribution >= 0.6 is 0 Å². The van der Waals surface area contributed by atoms with Crippen molar-refractivity contribution < 1.29 is 4.42 Å². The zero-order valence-electron chi connectivity index (χ0n) is 26.5. The average molecular weight is 625 g/mol. The predicted molar refractivity (Wildman–Crippen MR) is 205 cm³/mol. The lowest BCUT2D eigenvalue weighted by Gasteiger charge is -2.12. The van der Waals surface area contributed by atoms with Crippen LogP contribution in [0.1, 0.15) is 0 Å². The fourth-order valence-electron chi connectivity index (χ4n) is 8.14. The van der Waals surface area contributed by atoms with Gasteiger partial charge >= 0.3 is 0 Å². The summed E-state index contributed by atoms with van der Waals surface area (Å²) in [7, 11) is 0. The molecule has 0 aliphatic heterocycles. The Morgan fingerprint density at radius 1 is 0.367 bits per heavy atom. The number of hydrogen-bond acceptors (Lipinski definition) is 1. The van der Waals surface area contributed by atoms with Crippen molar-refractivity contribution in [2.24, 2.45) is 0 Å². The molecule has 0 atom stereocenters. The minimum absolute atomic E-state index is 0.910. The van der Waals surface area contributed by atoms with Crippen molar-refractivity contribution in [1.29, 1.82) is 0 Å². The van der Waals surface area contributed by atoms with Crippen LogP contribution in [0, 0.1) is 0 Å². The standard InChI is InChI=1S/C46H28N2O/c1-2-13-32(14-3-1)47-40-18-8-6-16-34(40)37-27-30(21-24-41(37)47)31-22-25-42-38(28-31)45-43(26-23-36-35-17-7-9-20-44(35)49-46(36)45)48(42)39-19-10-12-29-11-4-5-15-33(29)39/h1-28H. The molecule has 0 fully saturated rings. The number of nitrogens with zero attached hydrogens (tertiary/aromatic N) is 2. The predicted octanol–water partition coefficient (Wildman–Crippen LogP) is 12.6. The SMILES string of the molecule is c1ccc(-n2c3ccccc3c3cc(-c4ccc5c(c4)c4c6oc7ccccc7c6ccc4n5-c4cccc5ccccc45)ccc32)cc1. The van der Waals surface area contributed by atoms with Crippen molar-refractivity contribution >= 4 is 76.3 Å². The Balaban J connectivity index is 1.21. The Hall–Kier alpha value is -6.58. The molecular formula is C46H28N2O. The van der Waals surface area contributed by atoms with Crippen molar-refractivity contribution in [3.8, 4) is 22.5 Å². The lowest BCUT2D eigenvalue weighted by molar-refractivity contribution is 0.673. The molecule has 0 unspecified atom stereocenters. The summed E-state index contributed by atoms with van der Waals surface area (Å²) >= 11 is 0. The van der Waals surface area contributed by atoms with Gasteiger partial charge in [-0.1, -0.05) is 103 Å². The molecular weight excluding hydrogens is 597 g/mol. The lowest BCUT2D eigenvalue weighted by Crippen LogP contribution is -1.95. The number of furan rings is 1. The summed E-state index contributed by atoms with van der Waals surface area (Å²) in [5, 5.41) is 9.53. The van der Waals surface area contributed by atoms with Crippen molar-refractivity contribution in [3.63, 3.8) is 0 Å². The highest BCUT2D eigenvalue weighted by molar-refractivity contribution is 6.24. The Labute approximate surface area is 281 Å². The zero-order chi connectivity index (χ0) is 32.1. The van der Waals surface area contributed by atoms with Crippen LogP contribution in [0.25, 0.3) is 98.8 Å². The van der Waals surface area contributed by atoms with E-state index in [-0.39, 0.29) is 0 Å².